The van der Waals surface area contributed by atoms with Crippen LogP contribution in [-0.2, 0) is 4.79 Å². The first-order valence-electron chi connectivity index (χ1n) is 6.28. The summed E-state index contributed by atoms with van der Waals surface area (Å²) in [7, 11) is 0. The minimum absolute atomic E-state index is 0.0989. The molecule has 4 nitrogen and oxygen atoms in total. The Balaban J connectivity index is 1.72. The van der Waals surface area contributed by atoms with E-state index in [1.54, 1.807) is 18.2 Å². The van der Waals surface area contributed by atoms with Crippen LogP contribution in [0.2, 0.25) is 5.02 Å². The van der Waals surface area contributed by atoms with Crippen molar-refractivity contribution in [3.63, 3.8) is 0 Å². The number of halogens is 2. The van der Waals surface area contributed by atoms with Gasteiger partial charge < -0.3 is 14.8 Å². The van der Waals surface area contributed by atoms with E-state index in [0.29, 0.717) is 17.2 Å². The largest absolute Gasteiger partial charge is 0.485 e. The van der Waals surface area contributed by atoms with Gasteiger partial charge in [0.15, 0.2) is 11.5 Å². The first-order chi connectivity index (χ1) is 10.1. The fraction of sp³-hybridized carbons (Fsp3) is 0.133. The van der Waals surface area contributed by atoms with Crippen molar-refractivity contribution >= 4 is 23.2 Å². The van der Waals surface area contributed by atoms with Crippen LogP contribution in [0.4, 0.5) is 10.1 Å². The molecule has 1 N–H and O–H groups in total. The van der Waals surface area contributed by atoms with Gasteiger partial charge in [-0.2, -0.15) is 0 Å². The maximum Gasteiger partial charge on any atom is 0.269 e. The van der Waals surface area contributed by atoms with Gasteiger partial charge in [-0.1, -0.05) is 23.7 Å². The summed E-state index contributed by atoms with van der Waals surface area (Å²) in [6.45, 7) is 0.0989. The monoisotopic (exact) mass is 307 g/mol. The Kier molecular flexibility index (Phi) is 3.66. The van der Waals surface area contributed by atoms with Crippen molar-refractivity contribution in [3.8, 4) is 11.5 Å². The number of ether oxygens (including phenoxy) is 2. The van der Waals surface area contributed by atoms with E-state index in [1.807, 2.05) is 6.07 Å². The number of carbonyl (C=O) groups is 1. The van der Waals surface area contributed by atoms with Crippen LogP contribution in [0.3, 0.4) is 0 Å². The maximum atomic E-state index is 13.0. The summed E-state index contributed by atoms with van der Waals surface area (Å²) in [5, 5.41) is 2.72. The van der Waals surface area contributed by atoms with Crippen LogP contribution in [0, 0.1) is 5.82 Å². The van der Waals surface area contributed by atoms with Crippen molar-refractivity contribution in [3.05, 3.63) is 53.3 Å². The third-order valence-electron chi connectivity index (χ3n) is 2.99. The average molecular weight is 308 g/mol. The molecule has 1 aliphatic heterocycles. The summed E-state index contributed by atoms with van der Waals surface area (Å²) in [5.41, 5.74) is 0.325. The molecule has 6 heteroatoms. The SMILES string of the molecule is O=C(Nc1ccc(F)cc1Cl)[C@@H]1COc2ccccc2O1. The minimum Gasteiger partial charge on any atom is -0.485 e. The first-order valence-corrected chi connectivity index (χ1v) is 6.65. The molecule has 0 radical (unpaired) electrons. The highest BCUT2D eigenvalue weighted by Gasteiger charge is 2.27. The van der Waals surface area contributed by atoms with Crippen LogP contribution < -0.4 is 14.8 Å². The second kappa shape index (κ2) is 5.61. The third-order valence-corrected chi connectivity index (χ3v) is 3.30. The number of hydrogen-bond acceptors (Lipinski definition) is 3. The van der Waals surface area contributed by atoms with Gasteiger partial charge in [-0.3, -0.25) is 4.79 Å². The summed E-state index contributed by atoms with van der Waals surface area (Å²) >= 11 is 5.87. The van der Waals surface area contributed by atoms with Crippen molar-refractivity contribution in [1.29, 1.82) is 0 Å². The smallest absolute Gasteiger partial charge is 0.269 e. The van der Waals surface area contributed by atoms with Crippen LogP contribution in [-0.4, -0.2) is 18.6 Å². The number of carbonyl (C=O) groups excluding carboxylic acids is 1. The van der Waals surface area contributed by atoms with E-state index in [-0.39, 0.29) is 11.6 Å². The molecule has 0 unspecified atom stereocenters. The van der Waals surface area contributed by atoms with Gasteiger partial charge in [-0.25, -0.2) is 4.39 Å². The Labute approximate surface area is 125 Å². The van der Waals surface area contributed by atoms with Gasteiger partial charge in [0.25, 0.3) is 5.91 Å². The fourth-order valence-corrected chi connectivity index (χ4v) is 2.17. The van der Waals surface area contributed by atoms with E-state index in [2.05, 4.69) is 5.32 Å². The number of anilines is 1. The van der Waals surface area contributed by atoms with E-state index in [4.69, 9.17) is 21.1 Å². The molecule has 1 amide bonds. The zero-order valence-electron chi connectivity index (χ0n) is 10.8. The van der Waals surface area contributed by atoms with Gasteiger partial charge in [-0.05, 0) is 30.3 Å². The van der Waals surface area contributed by atoms with Gasteiger partial charge in [0.05, 0.1) is 10.7 Å². The topological polar surface area (TPSA) is 47.6 Å². The molecule has 0 spiro atoms. The highest BCUT2D eigenvalue weighted by molar-refractivity contribution is 6.33. The second-order valence-electron chi connectivity index (χ2n) is 4.48. The molecule has 108 valence electrons. The molecule has 0 aliphatic carbocycles. The molecule has 1 atom stereocenters. The number of rotatable bonds is 2. The maximum absolute atomic E-state index is 13.0. The Morgan fingerprint density at radius 3 is 2.76 bits per heavy atom. The highest BCUT2D eigenvalue weighted by Crippen LogP contribution is 2.31. The summed E-state index contributed by atoms with van der Waals surface area (Å²) in [6.07, 6.45) is -0.791. The molecule has 1 heterocycles. The summed E-state index contributed by atoms with van der Waals surface area (Å²) < 4.78 is 24.0. The highest BCUT2D eigenvalue weighted by atomic mass is 35.5. The lowest BCUT2D eigenvalue weighted by Gasteiger charge is -2.25. The average Bonchev–Trinajstić information content (AvgIpc) is 2.49. The summed E-state index contributed by atoms with van der Waals surface area (Å²) in [5.74, 6) is 0.234. The summed E-state index contributed by atoms with van der Waals surface area (Å²) in [4.78, 5) is 12.1. The van der Waals surface area contributed by atoms with E-state index < -0.39 is 17.8 Å². The Morgan fingerprint density at radius 1 is 1.24 bits per heavy atom. The number of nitrogens with one attached hydrogen (secondary N) is 1. The lowest BCUT2D eigenvalue weighted by atomic mass is 10.2. The molecular formula is C15H11ClFNO3. The first kappa shape index (κ1) is 13.7. The molecule has 0 aromatic heterocycles. The lowest BCUT2D eigenvalue weighted by Crippen LogP contribution is -2.40. The molecule has 21 heavy (non-hydrogen) atoms. The predicted octanol–water partition coefficient (Wildman–Crippen LogP) is 3.26. The van der Waals surface area contributed by atoms with Crippen molar-refractivity contribution in [2.45, 2.75) is 6.10 Å². The van der Waals surface area contributed by atoms with Gasteiger partial charge in [0.1, 0.15) is 12.4 Å². The lowest BCUT2D eigenvalue weighted by molar-refractivity contribution is -0.125. The number of benzene rings is 2. The predicted molar refractivity (Wildman–Crippen MR) is 76.4 cm³/mol. The van der Waals surface area contributed by atoms with Crippen molar-refractivity contribution in [2.24, 2.45) is 0 Å². The van der Waals surface area contributed by atoms with Gasteiger partial charge in [0.2, 0.25) is 6.10 Å². The molecule has 0 saturated heterocycles. The van der Waals surface area contributed by atoms with E-state index in [0.717, 1.165) is 6.07 Å². The molecule has 2 aromatic rings. The minimum atomic E-state index is -0.791. The van der Waals surface area contributed by atoms with Gasteiger partial charge in [0, 0.05) is 0 Å². The Morgan fingerprint density at radius 2 is 2.00 bits per heavy atom. The zero-order chi connectivity index (χ0) is 14.8. The summed E-state index contributed by atoms with van der Waals surface area (Å²) in [6, 6.07) is 10.8. The zero-order valence-corrected chi connectivity index (χ0v) is 11.6. The number of fused-ring (bicyclic) bond motifs is 1. The molecule has 3 rings (SSSR count). The molecular weight excluding hydrogens is 297 g/mol. The van der Waals surface area contributed by atoms with E-state index in [9.17, 15) is 9.18 Å². The normalized spacial score (nSPS) is 16.4. The fourth-order valence-electron chi connectivity index (χ4n) is 1.95. The quantitative estimate of drug-likeness (QED) is 0.926. The van der Waals surface area contributed by atoms with Crippen LogP contribution >= 0.6 is 11.6 Å². The number of hydrogen-bond donors (Lipinski definition) is 1. The van der Waals surface area contributed by atoms with Crippen LogP contribution in [0.5, 0.6) is 11.5 Å². The van der Waals surface area contributed by atoms with Crippen LogP contribution in [0.15, 0.2) is 42.5 Å². The Bertz CT molecular complexity index is 692. The Hall–Kier alpha value is -2.27. The van der Waals surface area contributed by atoms with E-state index in [1.165, 1.54) is 12.1 Å². The van der Waals surface area contributed by atoms with Gasteiger partial charge in [-0.15, -0.1) is 0 Å². The molecule has 2 aromatic carbocycles. The standard InChI is InChI=1S/C15H11ClFNO3/c16-10-7-9(17)5-6-11(10)18-15(19)14-8-20-12-3-1-2-4-13(12)21-14/h1-7,14H,8H2,(H,18,19)/t14-/m0/s1. The van der Waals surface area contributed by atoms with Crippen LogP contribution in [0.25, 0.3) is 0 Å². The van der Waals surface area contributed by atoms with Gasteiger partial charge >= 0.3 is 0 Å². The number of amides is 1. The van der Waals surface area contributed by atoms with Crippen LogP contribution in [0.1, 0.15) is 0 Å². The van der Waals surface area contributed by atoms with Crippen molar-refractivity contribution in [2.75, 3.05) is 11.9 Å². The number of para-hydroxylation sites is 2. The molecule has 1 aliphatic rings. The molecule has 0 fully saturated rings. The molecule has 0 bridgehead atoms. The van der Waals surface area contributed by atoms with Crippen molar-refractivity contribution < 1.29 is 18.7 Å². The van der Waals surface area contributed by atoms with Crippen molar-refractivity contribution in [1.82, 2.24) is 0 Å². The molecule has 0 saturated carbocycles. The second-order valence-corrected chi connectivity index (χ2v) is 4.88. The third kappa shape index (κ3) is 2.92. The van der Waals surface area contributed by atoms with E-state index >= 15 is 0 Å².